The molecule has 3 nitrogen and oxygen atoms in total. The molecule has 0 aliphatic carbocycles. The minimum atomic E-state index is -0.683. The Morgan fingerprint density at radius 1 is 1.00 bits per heavy atom. The Morgan fingerprint density at radius 3 is 1.62 bits per heavy atom. The summed E-state index contributed by atoms with van der Waals surface area (Å²) in [5, 5.41) is 0. The number of rotatable bonds is 4. The summed E-state index contributed by atoms with van der Waals surface area (Å²) in [6, 6.07) is 0.148. The van der Waals surface area contributed by atoms with E-state index in [1.165, 1.54) is 0 Å². The van der Waals surface area contributed by atoms with E-state index < -0.39 is 10.8 Å². The van der Waals surface area contributed by atoms with Crippen molar-refractivity contribution in [2.45, 2.75) is 54.5 Å². The third-order valence-electron chi connectivity index (χ3n) is 4.07. The number of ketones is 1. The number of carbonyl (C=O) groups excluding carboxylic acids is 2. The van der Waals surface area contributed by atoms with E-state index in [1.54, 1.807) is 18.9 Å². The molecule has 0 radical (unpaired) electrons. The van der Waals surface area contributed by atoms with Gasteiger partial charge in [-0.2, -0.15) is 0 Å². The normalized spacial score (nSPS) is 12.8. The Morgan fingerprint density at radius 2 is 1.38 bits per heavy atom. The first-order chi connectivity index (χ1) is 6.96. The maximum Gasteiger partial charge on any atom is 0.229 e. The highest BCUT2D eigenvalue weighted by molar-refractivity contribution is 5.92. The first kappa shape index (κ1) is 15.1. The van der Waals surface area contributed by atoms with Gasteiger partial charge in [-0.1, -0.05) is 27.7 Å². The molecule has 0 bridgehead atoms. The van der Waals surface area contributed by atoms with Crippen LogP contribution in [0.4, 0.5) is 0 Å². The largest absolute Gasteiger partial charge is 0.343 e. The Kier molecular flexibility index (Phi) is 4.31. The first-order valence-corrected chi connectivity index (χ1v) is 5.74. The van der Waals surface area contributed by atoms with Crippen molar-refractivity contribution >= 4 is 11.7 Å². The lowest BCUT2D eigenvalue weighted by Gasteiger charge is -2.41. The van der Waals surface area contributed by atoms with Crippen molar-refractivity contribution in [2.24, 2.45) is 10.8 Å². The zero-order valence-corrected chi connectivity index (χ0v) is 11.8. The van der Waals surface area contributed by atoms with Gasteiger partial charge >= 0.3 is 0 Å². The minimum absolute atomic E-state index is 0.0164. The van der Waals surface area contributed by atoms with E-state index in [0.29, 0.717) is 0 Å². The number of nitrogens with zero attached hydrogens (tertiary/aromatic N) is 1. The molecular weight excluding hydrogens is 202 g/mol. The van der Waals surface area contributed by atoms with Crippen LogP contribution in [0.3, 0.4) is 0 Å². The highest BCUT2D eigenvalue weighted by Gasteiger charge is 2.47. The van der Waals surface area contributed by atoms with Crippen molar-refractivity contribution in [2.75, 3.05) is 7.05 Å². The third kappa shape index (κ3) is 2.45. The van der Waals surface area contributed by atoms with E-state index in [1.807, 2.05) is 41.5 Å². The Balaban J connectivity index is 5.21. The molecule has 0 spiro atoms. The van der Waals surface area contributed by atoms with Crippen LogP contribution in [0.1, 0.15) is 48.5 Å². The molecule has 94 valence electrons. The summed E-state index contributed by atoms with van der Waals surface area (Å²) in [6.45, 7) is 12.8. The van der Waals surface area contributed by atoms with E-state index in [9.17, 15) is 9.59 Å². The van der Waals surface area contributed by atoms with Crippen LogP contribution in [0.5, 0.6) is 0 Å². The SMILES string of the molecule is CC(=O)C(C)(C)C(C)(C)C(=O)N(C)C(C)C. The summed E-state index contributed by atoms with van der Waals surface area (Å²) >= 11 is 0. The van der Waals surface area contributed by atoms with Gasteiger partial charge in [0.2, 0.25) is 5.91 Å². The summed E-state index contributed by atoms with van der Waals surface area (Å²) in [5.74, 6) is 0.0608. The maximum absolute atomic E-state index is 12.3. The van der Waals surface area contributed by atoms with Gasteiger partial charge in [-0.05, 0) is 20.8 Å². The molecule has 0 N–H and O–H groups in total. The predicted molar refractivity (Wildman–Crippen MR) is 66.1 cm³/mol. The van der Waals surface area contributed by atoms with Gasteiger partial charge in [-0.15, -0.1) is 0 Å². The highest BCUT2D eigenvalue weighted by Crippen LogP contribution is 2.40. The molecular formula is C13H25NO2. The average molecular weight is 227 g/mol. The number of carbonyl (C=O) groups is 2. The van der Waals surface area contributed by atoms with E-state index >= 15 is 0 Å². The second kappa shape index (κ2) is 4.56. The number of Topliss-reactive ketones (excluding diaryl/α,β-unsaturated/α-hetero) is 1. The second-order valence-electron chi connectivity index (χ2n) is 5.82. The third-order valence-corrected chi connectivity index (χ3v) is 4.07. The topological polar surface area (TPSA) is 37.4 Å². The zero-order valence-electron chi connectivity index (χ0n) is 11.8. The molecule has 3 heteroatoms. The van der Waals surface area contributed by atoms with E-state index in [2.05, 4.69) is 0 Å². The standard InChI is InChI=1S/C13H25NO2/c1-9(2)14(8)11(16)13(6,7)12(4,5)10(3)15/h9H,1-8H3. The van der Waals surface area contributed by atoms with Gasteiger partial charge in [-0.25, -0.2) is 0 Å². The van der Waals surface area contributed by atoms with Gasteiger partial charge in [0.15, 0.2) is 0 Å². The first-order valence-electron chi connectivity index (χ1n) is 5.74. The fourth-order valence-electron chi connectivity index (χ4n) is 1.38. The van der Waals surface area contributed by atoms with Crippen LogP contribution in [-0.4, -0.2) is 29.7 Å². The summed E-state index contributed by atoms with van der Waals surface area (Å²) < 4.78 is 0. The average Bonchev–Trinajstić information content (AvgIpc) is 2.14. The van der Waals surface area contributed by atoms with E-state index in [-0.39, 0.29) is 17.7 Å². The van der Waals surface area contributed by atoms with Crippen LogP contribution in [0.15, 0.2) is 0 Å². The van der Waals surface area contributed by atoms with Crippen LogP contribution in [0.25, 0.3) is 0 Å². The van der Waals surface area contributed by atoms with Crippen LogP contribution < -0.4 is 0 Å². The zero-order chi connectivity index (χ0) is 13.3. The van der Waals surface area contributed by atoms with Gasteiger partial charge in [-0.3, -0.25) is 9.59 Å². The molecule has 0 atom stereocenters. The van der Waals surface area contributed by atoms with Crippen molar-refractivity contribution in [3.8, 4) is 0 Å². The van der Waals surface area contributed by atoms with E-state index in [0.717, 1.165) is 0 Å². The lowest BCUT2D eigenvalue weighted by molar-refractivity contribution is -0.153. The molecule has 0 aliphatic rings. The summed E-state index contributed by atoms with van der Waals surface area (Å²) in [4.78, 5) is 25.7. The molecule has 0 aromatic rings. The molecule has 0 heterocycles. The Bertz CT molecular complexity index is 290. The van der Waals surface area contributed by atoms with E-state index in [4.69, 9.17) is 0 Å². The fourth-order valence-corrected chi connectivity index (χ4v) is 1.38. The van der Waals surface area contributed by atoms with Crippen LogP contribution in [0, 0.1) is 10.8 Å². The monoisotopic (exact) mass is 227 g/mol. The fraction of sp³-hybridized carbons (Fsp3) is 0.846. The highest BCUT2D eigenvalue weighted by atomic mass is 16.2. The minimum Gasteiger partial charge on any atom is -0.343 e. The summed E-state index contributed by atoms with van der Waals surface area (Å²) in [5.41, 5.74) is -1.33. The number of hydrogen-bond donors (Lipinski definition) is 0. The van der Waals surface area contributed by atoms with Gasteiger partial charge < -0.3 is 4.90 Å². The van der Waals surface area contributed by atoms with Gasteiger partial charge in [0.25, 0.3) is 0 Å². The van der Waals surface area contributed by atoms with Gasteiger partial charge in [0, 0.05) is 18.5 Å². The molecule has 0 fully saturated rings. The number of amides is 1. The second-order valence-corrected chi connectivity index (χ2v) is 5.82. The summed E-state index contributed by atoms with van der Waals surface area (Å²) in [7, 11) is 1.78. The number of hydrogen-bond acceptors (Lipinski definition) is 2. The molecule has 0 aliphatic heterocycles. The predicted octanol–water partition coefficient (Wildman–Crippen LogP) is 2.49. The van der Waals surface area contributed by atoms with Gasteiger partial charge in [0.1, 0.15) is 5.78 Å². The molecule has 0 rings (SSSR count). The summed E-state index contributed by atoms with van der Waals surface area (Å²) in [6.07, 6.45) is 0. The maximum atomic E-state index is 12.3. The van der Waals surface area contributed by atoms with Crippen LogP contribution >= 0.6 is 0 Å². The quantitative estimate of drug-likeness (QED) is 0.740. The molecule has 0 saturated carbocycles. The smallest absolute Gasteiger partial charge is 0.229 e. The van der Waals surface area contributed by atoms with Crippen molar-refractivity contribution in [3.63, 3.8) is 0 Å². The molecule has 0 saturated heterocycles. The Labute approximate surface area is 99.2 Å². The molecule has 0 aromatic carbocycles. The van der Waals surface area contributed by atoms with Crippen molar-refractivity contribution in [3.05, 3.63) is 0 Å². The van der Waals surface area contributed by atoms with Crippen molar-refractivity contribution in [1.82, 2.24) is 4.90 Å². The van der Waals surface area contributed by atoms with Crippen molar-refractivity contribution < 1.29 is 9.59 Å². The Hall–Kier alpha value is -0.860. The molecule has 0 unspecified atom stereocenters. The lowest BCUT2D eigenvalue weighted by atomic mass is 9.65. The van der Waals surface area contributed by atoms with Crippen LogP contribution in [-0.2, 0) is 9.59 Å². The van der Waals surface area contributed by atoms with Crippen LogP contribution in [0.2, 0.25) is 0 Å². The van der Waals surface area contributed by atoms with Crippen molar-refractivity contribution in [1.29, 1.82) is 0 Å². The molecule has 16 heavy (non-hydrogen) atoms. The molecule has 1 amide bonds. The molecule has 0 aromatic heterocycles. The lowest BCUT2D eigenvalue weighted by Crippen LogP contribution is -2.51. The van der Waals surface area contributed by atoms with Gasteiger partial charge in [0.05, 0.1) is 5.41 Å².